The lowest BCUT2D eigenvalue weighted by Crippen LogP contribution is -2.06. The number of carbonyl (C=O) groups excluding carboxylic acids is 1. The van der Waals surface area contributed by atoms with Gasteiger partial charge in [-0.2, -0.15) is 0 Å². The van der Waals surface area contributed by atoms with Crippen molar-refractivity contribution < 1.29 is 22.7 Å². The molecule has 0 unspecified atom stereocenters. The highest BCUT2D eigenvalue weighted by molar-refractivity contribution is 9.10. The third-order valence-corrected chi connectivity index (χ3v) is 4.46. The van der Waals surface area contributed by atoms with Gasteiger partial charge in [-0.3, -0.25) is 4.98 Å². The highest BCUT2D eigenvalue weighted by atomic mass is 79.9. The molecule has 0 amide bonds. The van der Waals surface area contributed by atoms with E-state index in [0.717, 1.165) is 6.07 Å². The molecule has 128 valence electrons. The predicted molar refractivity (Wildman–Crippen MR) is 90.7 cm³/mol. The Balaban J connectivity index is 2.26. The number of aromatic nitrogens is 1. The molecule has 0 aliphatic rings. The summed E-state index contributed by atoms with van der Waals surface area (Å²) in [7, 11) is 0. The number of hydrogen-bond acceptors (Lipinski definition) is 3. The largest absolute Gasteiger partial charge is 0.462 e. The second kappa shape index (κ2) is 6.84. The van der Waals surface area contributed by atoms with Crippen LogP contribution in [0.4, 0.5) is 13.2 Å². The van der Waals surface area contributed by atoms with Crippen molar-refractivity contribution >= 4 is 32.8 Å². The summed E-state index contributed by atoms with van der Waals surface area (Å²) >= 11 is 3.32. The molecule has 0 aliphatic heterocycles. The molecule has 0 saturated carbocycles. The van der Waals surface area contributed by atoms with Gasteiger partial charge in [-0.15, -0.1) is 0 Å². The first-order valence-electron chi connectivity index (χ1n) is 7.33. The van der Waals surface area contributed by atoms with Gasteiger partial charge in [-0.25, -0.2) is 18.0 Å². The minimum absolute atomic E-state index is 0.205. The minimum atomic E-state index is -1.28. The molecule has 3 aromatic rings. The van der Waals surface area contributed by atoms with E-state index in [2.05, 4.69) is 20.9 Å². The molecule has 1 heterocycles. The molecule has 0 saturated heterocycles. The minimum Gasteiger partial charge on any atom is -0.462 e. The Morgan fingerprint density at radius 1 is 1.20 bits per heavy atom. The van der Waals surface area contributed by atoms with E-state index in [1.54, 1.807) is 19.1 Å². The molecule has 3 nitrogen and oxygen atoms in total. The van der Waals surface area contributed by atoms with E-state index in [1.807, 2.05) is 0 Å². The number of benzene rings is 2. The van der Waals surface area contributed by atoms with Crippen LogP contribution in [0.3, 0.4) is 0 Å². The van der Waals surface area contributed by atoms with Crippen LogP contribution in [0, 0.1) is 17.5 Å². The van der Waals surface area contributed by atoms with Crippen LogP contribution in [0.2, 0.25) is 0 Å². The number of fused-ring (bicyclic) bond motifs is 1. The monoisotopic (exact) mass is 409 g/mol. The molecule has 3 rings (SSSR count). The average molecular weight is 410 g/mol. The number of ether oxygens (including phenoxy) is 1. The zero-order valence-electron chi connectivity index (χ0n) is 12.9. The maximum Gasteiger partial charge on any atom is 0.340 e. The van der Waals surface area contributed by atoms with Gasteiger partial charge in [-0.1, -0.05) is 18.2 Å². The molecule has 0 atom stereocenters. The van der Waals surface area contributed by atoms with E-state index >= 15 is 0 Å². The van der Waals surface area contributed by atoms with E-state index in [0.29, 0.717) is 21.4 Å². The first-order valence-corrected chi connectivity index (χ1v) is 8.12. The quantitative estimate of drug-likeness (QED) is 0.437. The molecule has 2 aromatic carbocycles. The number of pyridine rings is 1. The zero-order valence-corrected chi connectivity index (χ0v) is 14.5. The van der Waals surface area contributed by atoms with E-state index < -0.39 is 23.4 Å². The SMILES string of the molecule is CCOC(=O)c1cnc2c(-c3cc(F)cc(F)c3F)cccc2c1Br. The summed E-state index contributed by atoms with van der Waals surface area (Å²) in [5.74, 6) is -3.90. The fourth-order valence-electron chi connectivity index (χ4n) is 2.51. The number of para-hydroxylation sites is 1. The highest BCUT2D eigenvalue weighted by Gasteiger charge is 2.19. The molecule has 0 radical (unpaired) electrons. The van der Waals surface area contributed by atoms with Gasteiger partial charge in [0, 0.05) is 33.2 Å². The third-order valence-electron chi connectivity index (χ3n) is 3.61. The van der Waals surface area contributed by atoms with E-state index in [9.17, 15) is 18.0 Å². The third kappa shape index (κ3) is 3.11. The van der Waals surface area contributed by atoms with Crippen molar-refractivity contribution in [1.29, 1.82) is 0 Å². The van der Waals surface area contributed by atoms with Crippen LogP contribution in [0.5, 0.6) is 0 Å². The second-order valence-corrected chi connectivity index (χ2v) is 5.95. The molecule has 0 N–H and O–H groups in total. The Hall–Kier alpha value is -2.41. The van der Waals surface area contributed by atoms with Gasteiger partial charge in [0.05, 0.1) is 17.7 Å². The van der Waals surface area contributed by atoms with Crippen LogP contribution in [0.15, 0.2) is 41.0 Å². The Kier molecular flexibility index (Phi) is 4.76. The Labute approximate surface area is 149 Å². The van der Waals surface area contributed by atoms with Crippen LogP contribution in [-0.4, -0.2) is 17.6 Å². The number of halogens is 4. The molecular formula is C18H11BrF3NO2. The van der Waals surface area contributed by atoms with Crippen molar-refractivity contribution in [2.24, 2.45) is 0 Å². The van der Waals surface area contributed by atoms with Crippen molar-refractivity contribution in [2.45, 2.75) is 6.92 Å². The number of nitrogens with zero attached hydrogens (tertiary/aromatic N) is 1. The van der Waals surface area contributed by atoms with E-state index in [1.165, 1.54) is 12.3 Å². The van der Waals surface area contributed by atoms with Crippen LogP contribution < -0.4 is 0 Å². The summed E-state index contributed by atoms with van der Waals surface area (Å²) in [5.41, 5.74) is 0.472. The maximum absolute atomic E-state index is 14.1. The van der Waals surface area contributed by atoms with Gasteiger partial charge in [0.15, 0.2) is 11.6 Å². The Morgan fingerprint density at radius 2 is 1.96 bits per heavy atom. The number of hydrogen-bond donors (Lipinski definition) is 0. The molecule has 0 aliphatic carbocycles. The predicted octanol–water partition coefficient (Wildman–Crippen LogP) is 5.26. The fraction of sp³-hybridized carbons (Fsp3) is 0.111. The standard InChI is InChI=1S/C18H11BrF3NO2/c1-2-25-18(24)13-8-23-17-10(4-3-5-11(17)15(13)19)12-6-9(20)7-14(21)16(12)22/h3-8H,2H2,1H3. The first-order chi connectivity index (χ1) is 11.9. The zero-order chi connectivity index (χ0) is 18.1. The van der Waals surface area contributed by atoms with E-state index in [4.69, 9.17) is 4.74 Å². The van der Waals surface area contributed by atoms with E-state index in [-0.39, 0.29) is 23.3 Å². The average Bonchev–Trinajstić information content (AvgIpc) is 2.58. The number of rotatable bonds is 3. The normalized spacial score (nSPS) is 10.9. The Bertz CT molecular complexity index is 992. The second-order valence-electron chi connectivity index (χ2n) is 5.16. The smallest absolute Gasteiger partial charge is 0.340 e. The lowest BCUT2D eigenvalue weighted by molar-refractivity contribution is 0.0525. The number of esters is 1. The van der Waals surface area contributed by atoms with Crippen LogP contribution in [0.25, 0.3) is 22.0 Å². The van der Waals surface area contributed by atoms with Crippen molar-refractivity contribution in [3.05, 3.63) is 64.0 Å². The fourth-order valence-corrected chi connectivity index (χ4v) is 3.10. The van der Waals surface area contributed by atoms with Gasteiger partial charge < -0.3 is 4.74 Å². The lowest BCUT2D eigenvalue weighted by Gasteiger charge is -2.11. The Morgan fingerprint density at radius 3 is 2.68 bits per heavy atom. The summed E-state index contributed by atoms with van der Waals surface area (Å²) in [6, 6.07) is 6.13. The van der Waals surface area contributed by atoms with Crippen LogP contribution in [0.1, 0.15) is 17.3 Å². The van der Waals surface area contributed by atoms with Gasteiger partial charge >= 0.3 is 5.97 Å². The lowest BCUT2D eigenvalue weighted by atomic mass is 10.0. The maximum atomic E-state index is 14.1. The molecular weight excluding hydrogens is 399 g/mol. The summed E-state index contributed by atoms with van der Waals surface area (Å²) in [5, 5.41) is 0.493. The van der Waals surface area contributed by atoms with Crippen molar-refractivity contribution in [3.8, 4) is 11.1 Å². The molecule has 25 heavy (non-hydrogen) atoms. The molecule has 0 bridgehead atoms. The van der Waals surface area contributed by atoms with Gasteiger partial charge in [-0.05, 0) is 28.9 Å². The van der Waals surface area contributed by atoms with Crippen molar-refractivity contribution in [3.63, 3.8) is 0 Å². The first kappa shape index (κ1) is 17.4. The number of carbonyl (C=O) groups is 1. The summed E-state index contributed by atoms with van der Waals surface area (Å²) < 4.78 is 46.6. The summed E-state index contributed by atoms with van der Waals surface area (Å²) in [6.07, 6.45) is 1.28. The van der Waals surface area contributed by atoms with Crippen LogP contribution in [-0.2, 0) is 4.74 Å². The summed E-state index contributed by atoms with van der Waals surface area (Å²) in [4.78, 5) is 16.1. The van der Waals surface area contributed by atoms with Gasteiger partial charge in [0.25, 0.3) is 0 Å². The van der Waals surface area contributed by atoms with Crippen molar-refractivity contribution in [2.75, 3.05) is 6.61 Å². The van der Waals surface area contributed by atoms with Gasteiger partial charge in [0.1, 0.15) is 5.82 Å². The van der Waals surface area contributed by atoms with Gasteiger partial charge in [0.2, 0.25) is 0 Å². The molecule has 7 heteroatoms. The molecule has 0 fully saturated rings. The summed E-state index contributed by atoms with van der Waals surface area (Å²) in [6.45, 7) is 1.89. The molecule has 0 spiro atoms. The topological polar surface area (TPSA) is 39.2 Å². The highest BCUT2D eigenvalue weighted by Crippen LogP contribution is 2.35. The van der Waals surface area contributed by atoms with Crippen molar-refractivity contribution in [1.82, 2.24) is 4.98 Å². The van der Waals surface area contributed by atoms with Crippen LogP contribution >= 0.6 is 15.9 Å². The molecule has 1 aromatic heterocycles.